The topological polar surface area (TPSA) is 91.5 Å². The molecule has 0 aliphatic carbocycles. The normalized spacial score (nSPS) is 15.5. The zero-order valence-electron chi connectivity index (χ0n) is 9.41. The first-order chi connectivity index (χ1) is 8.08. The van der Waals surface area contributed by atoms with Crippen LogP contribution in [-0.4, -0.2) is 41.1 Å². The van der Waals surface area contributed by atoms with Gasteiger partial charge in [0.2, 0.25) is 5.82 Å². The van der Waals surface area contributed by atoms with Gasteiger partial charge < -0.3 is 15.2 Å². The molecule has 0 aromatic carbocycles. The van der Waals surface area contributed by atoms with Crippen LogP contribution in [0.1, 0.15) is 0 Å². The second-order valence-corrected chi connectivity index (χ2v) is 4.05. The molecule has 1 aromatic heterocycles. The van der Waals surface area contributed by atoms with E-state index >= 15 is 0 Å². The smallest absolute Gasteiger partial charge is 0.373 e. The van der Waals surface area contributed by atoms with Crippen molar-refractivity contribution in [3.8, 4) is 0 Å². The molecule has 90 valence electrons. The number of hydrogen-bond acceptors (Lipinski definition) is 6. The van der Waals surface area contributed by atoms with Crippen molar-refractivity contribution in [3.63, 3.8) is 0 Å². The van der Waals surface area contributed by atoms with Crippen LogP contribution in [0, 0.1) is 10.1 Å². The summed E-state index contributed by atoms with van der Waals surface area (Å²) in [6, 6.07) is 3.14. The van der Waals surface area contributed by atoms with E-state index in [-0.39, 0.29) is 11.7 Å². The van der Waals surface area contributed by atoms with Crippen LogP contribution in [0.5, 0.6) is 0 Å². The molecule has 0 radical (unpaired) electrons. The predicted molar refractivity (Wildman–Crippen MR) is 63.9 cm³/mol. The Labute approximate surface area is 98.7 Å². The van der Waals surface area contributed by atoms with Gasteiger partial charge in [0.1, 0.15) is 0 Å². The Morgan fingerprint density at radius 1 is 1.71 bits per heavy atom. The lowest BCUT2D eigenvalue weighted by atomic mass is 9.86. The van der Waals surface area contributed by atoms with Crippen LogP contribution >= 0.6 is 0 Å². The number of aromatic nitrogens is 1. The molecule has 0 unspecified atom stereocenters. The average Bonchev–Trinajstić information content (AvgIpc) is 2.22. The molecule has 0 atom stereocenters. The second-order valence-electron chi connectivity index (χ2n) is 4.05. The molecule has 8 heteroatoms. The molecule has 2 N–H and O–H groups in total. The summed E-state index contributed by atoms with van der Waals surface area (Å²) < 4.78 is 0. The van der Waals surface area contributed by atoms with Crippen molar-refractivity contribution in [3.05, 3.63) is 28.4 Å². The summed E-state index contributed by atoms with van der Waals surface area (Å²) >= 11 is 0. The zero-order chi connectivity index (χ0) is 12.4. The first kappa shape index (κ1) is 11.8. The summed E-state index contributed by atoms with van der Waals surface area (Å²) in [5, 5.41) is 22.9. The van der Waals surface area contributed by atoms with E-state index in [4.69, 9.17) is 5.02 Å². The highest BCUT2D eigenvalue weighted by Gasteiger charge is 2.32. The maximum Gasteiger partial charge on any atom is 0.373 e. The third-order valence-corrected chi connectivity index (χ3v) is 2.62. The molecule has 1 aromatic rings. The molecule has 1 aliphatic heterocycles. The minimum Gasteiger partial charge on any atom is -0.437 e. The highest BCUT2D eigenvalue weighted by molar-refractivity contribution is 6.45. The van der Waals surface area contributed by atoms with E-state index in [1.807, 2.05) is 4.90 Å². The van der Waals surface area contributed by atoms with Crippen molar-refractivity contribution in [2.75, 3.05) is 18.0 Å². The largest absolute Gasteiger partial charge is 0.437 e. The first-order valence-electron chi connectivity index (χ1n) is 5.36. The first-order valence-corrected chi connectivity index (χ1v) is 5.36. The van der Waals surface area contributed by atoms with Crippen LogP contribution in [0.25, 0.3) is 0 Å². The fraction of sp³-hybridized carbons (Fsp3) is 0.444. The number of rotatable bonds is 4. The lowest BCUT2D eigenvalue weighted by Gasteiger charge is -2.40. The maximum atomic E-state index is 10.8. The van der Waals surface area contributed by atoms with Crippen LogP contribution < -0.4 is 10.1 Å². The molecule has 0 bridgehead atoms. The molecule has 1 fully saturated rings. The van der Waals surface area contributed by atoms with E-state index in [1.165, 1.54) is 12.3 Å². The van der Waals surface area contributed by atoms with Gasteiger partial charge in [0, 0.05) is 31.4 Å². The van der Waals surface area contributed by atoms with Crippen molar-refractivity contribution in [1.82, 2.24) is 10.2 Å². The van der Waals surface area contributed by atoms with Crippen LogP contribution in [0.2, 0.25) is 6.82 Å². The Morgan fingerprint density at radius 3 is 3.00 bits per heavy atom. The Kier molecular flexibility index (Phi) is 3.25. The summed E-state index contributed by atoms with van der Waals surface area (Å²) in [7, 11) is -0.569. The molecule has 2 rings (SSSR count). The summed E-state index contributed by atoms with van der Waals surface area (Å²) in [6.07, 6.45) is 1.54. The number of nitrogens with one attached hydrogen (secondary N) is 1. The van der Waals surface area contributed by atoms with Gasteiger partial charge in [-0.3, -0.25) is 10.1 Å². The SMILES string of the molecule is CB(O)NC1CN(c2ncccc2[N+](=O)[O-])C1. The van der Waals surface area contributed by atoms with Gasteiger partial charge in [-0.1, -0.05) is 0 Å². The molecular weight excluding hydrogens is 223 g/mol. The monoisotopic (exact) mass is 236 g/mol. The van der Waals surface area contributed by atoms with Gasteiger partial charge in [0.25, 0.3) is 0 Å². The molecule has 0 amide bonds. The van der Waals surface area contributed by atoms with E-state index in [1.54, 1.807) is 12.9 Å². The summed E-state index contributed by atoms with van der Waals surface area (Å²) in [5.41, 5.74) is 0.0167. The van der Waals surface area contributed by atoms with Gasteiger partial charge in [0.15, 0.2) is 0 Å². The second kappa shape index (κ2) is 4.68. The van der Waals surface area contributed by atoms with Gasteiger partial charge in [-0.05, 0) is 12.9 Å². The molecule has 2 heterocycles. The Morgan fingerprint density at radius 2 is 2.41 bits per heavy atom. The summed E-state index contributed by atoms with van der Waals surface area (Å²) in [6.45, 7) is 2.87. The average molecular weight is 236 g/mol. The highest BCUT2D eigenvalue weighted by atomic mass is 16.6. The quantitative estimate of drug-likeness (QED) is 0.430. The van der Waals surface area contributed by atoms with Crippen molar-refractivity contribution in [2.24, 2.45) is 0 Å². The van der Waals surface area contributed by atoms with Gasteiger partial charge >= 0.3 is 12.7 Å². The lowest BCUT2D eigenvalue weighted by Crippen LogP contribution is -2.61. The van der Waals surface area contributed by atoms with Gasteiger partial charge in [-0.2, -0.15) is 0 Å². The van der Waals surface area contributed by atoms with Gasteiger partial charge in [-0.25, -0.2) is 4.98 Å². The van der Waals surface area contributed by atoms with E-state index < -0.39 is 12.0 Å². The third-order valence-electron chi connectivity index (χ3n) is 2.62. The van der Waals surface area contributed by atoms with Crippen LogP contribution in [0.15, 0.2) is 18.3 Å². The fourth-order valence-corrected chi connectivity index (χ4v) is 1.87. The van der Waals surface area contributed by atoms with Crippen LogP contribution in [0.3, 0.4) is 0 Å². The van der Waals surface area contributed by atoms with Crippen molar-refractivity contribution < 1.29 is 9.95 Å². The molecule has 0 spiro atoms. The Balaban J connectivity index is 2.04. The fourth-order valence-electron chi connectivity index (χ4n) is 1.87. The summed E-state index contributed by atoms with van der Waals surface area (Å²) in [5.74, 6) is 0.390. The third kappa shape index (κ3) is 2.53. The van der Waals surface area contributed by atoms with Crippen LogP contribution in [-0.2, 0) is 0 Å². The minimum atomic E-state index is -0.569. The van der Waals surface area contributed by atoms with Crippen molar-refractivity contribution in [1.29, 1.82) is 0 Å². The van der Waals surface area contributed by atoms with Crippen molar-refractivity contribution >= 4 is 18.6 Å². The van der Waals surface area contributed by atoms with Gasteiger partial charge in [-0.15, -0.1) is 0 Å². The van der Waals surface area contributed by atoms with E-state index in [9.17, 15) is 10.1 Å². The number of anilines is 1. The Bertz CT molecular complexity index is 422. The minimum absolute atomic E-state index is 0.0167. The lowest BCUT2D eigenvalue weighted by molar-refractivity contribution is -0.384. The standard InChI is InChI=1S/C9H13BN4O3/c1-10(15)12-7-5-13(6-7)9-8(14(16)17)3-2-4-11-9/h2-4,7,12,15H,5-6H2,1H3. The molecule has 1 saturated heterocycles. The van der Waals surface area contributed by atoms with E-state index in [0.29, 0.717) is 18.9 Å². The molecular formula is C9H13BN4O3. The number of hydrogen-bond donors (Lipinski definition) is 2. The summed E-state index contributed by atoms with van der Waals surface area (Å²) in [4.78, 5) is 16.2. The molecule has 1 aliphatic rings. The maximum absolute atomic E-state index is 10.8. The van der Waals surface area contributed by atoms with E-state index in [0.717, 1.165) is 0 Å². The number of pyridine rings is 1. The van der Waals surface area contributed by atoms with Crippen LogP contribution in [0.4, 0.5) is 11.5 Å². The zero-order valence-corrected chi connectivity index (χ0v) is 9.41. The molecule has 0 saturated carbocycles. The number of nitro groups is 1. The Hall–Kier alpha value is -1.67. The van der Waals surface area contributed by atoms with Crippen molar-refractivity contribution in [2.45, 2.75) is 12.9 Å². The molecule has 7 nitrogen and oxygen atoms in total. The van der Waals surface area contributed by atoms with E-state index in [2.05, 4.69) is 10.2 Å². The predicted octanol–water partition coefficient (Wildman–Crippen LogP) is -0.122. The molecule has 17 heavy (non-hydrogen) atoms. The van der Waals surface area contributed by atoms with Gasteiger partial charge in [0.05, 0.1) is 4.92 Å². The number of nitrogens with zero attached hydrogens (tertiary/aromatic N) is 3. The highest BCUT2D eigenvalue weighted by Crippen LogP contribution is 2.28.